The van der Waals surface area contributed by atoms with E-state index < -0.39 is 0 Å². The number of rotatable bonds is 6. The van der Waals surface area contributed by atoms with Crippen molar-refractivity contribution in [1.29, 1.82) is 0 Å². The normalized spacial score (nSPS) is 16.2. The van der Waals surface area contributed by atoms with Crippen molar-refractivity contribution < 1.29 is 4.74 Å². The number of unbranched alkanes of at least 4 members (excludes halogenated alkanes) is 1. The van der Waals surface area contributed by atoms with Gasteiger partial charge in [-0.3, -0.25) is 0 Å². The molecular weight excluding hydrogens is 258 g/mol. The number of ether oxygens (including phenoxy) is 1. The highest BCUT2D eigenvalue weighted by atomic mass is 16.5. The summed E-state index contributed by atoms with van der Waals surface area (Å²) < 4.78 is 5.88. The Labute approximate surface area is 127 Å². The van der Waals surface area contributed by atoms with Crippen molar-refractivity contribution in [3.05, 3.63) is 42.5 Å². The van der Waals surface area contributed by atoms with Crippen molar-refractivity contribution in [1.82, 2.24) is 4.90 Å². The fourth-order valence-corrected chi connectivity index (χ4v) is 3.07. The molecule has 2 aromatic carbocycles. The topological polar surface area (TPSA) is 12.5 Å². The molecule has 1 heterocycles. The molecule has 0 aromatic heterocycles. The summed E-state index contributed by atoms with van der Waals surface area (Å²) in [7, 11) is 0. The lowest BCUT2D eigenvalue weighted by Gasteiger charge is -2.26. The van der Waals surface area contributed by atoms with Crippen molar-refractivity contribution in [2.24, 2.45) is 0 Å². The summed E-state index contributed by atoms with van der Waals surface area (Å²) in [5.41, 5.74) is 0. The average Bonchev–Trinajstić information content (AvgIpc) is 2.55. The molecule has 3 rings (SSSR count). The van der Waals surface area contributed by atoms with Gasteiger partial charge in [0, 0.05) is 0 Å². The van der Waals surface area contributed by atoms with Gasteiger partial charge < -0.3 is 9.64 Å². The molecule has 1 aliphatic heterocycles. The Morgan fingerprint density at radius 2 is 1.67 bits per heavy atom. The third-order valence-electron chi connectivity index (χ3n) is 4.31. The molecule has 0 amide bonds. The predicted molar refractivity (Wildman–Crippen MR) is 89.0 cm³/mol. The maximum absolute atomic E-state index is 5.88. The maximum Gasteiger partial charge on any atom is 0.119 e. The van der Waals surface area contributed by atoms with Crippen LogP contribution in [0.1, 0.15) is 32.1 Å². The summed E-state index contributed by atoms with van der Waals surface area (Å²) in [5.74, 6) is 0.992. The molecule has 2 heteroatoms. The minimum absolute atomic E-state index is 0.826. The third kappa shape index (κ3) is 4.21. The van der Waals surface area contributed by atoms with Crippen LogP contribution in [0.25, 0.3) is 10.8 Å². The molecule has 1 saturated heterocycles. The Morgan fingerprint density at radius 1 is 0.857 bits per heavy atom. The molecule has 0 bridgehead atoms. The Balaban J connectivity index is 1.39. The molecule has 0 saturated carbocycles. The molecule has 2 aromatic rings. The van der Waals surface area contributed by atoms with E-state index in [1.54, 1.807) is 0 Å². The van der Waals surface area contributed by atoms with Crippen molar-refractivity contribution in [2.75, 3.05) is 26.2 Å². The van der Waals surface area contributed by atoms with Gasteiger partial charge in [0.05, 0.1) is 6.61 Å². The maximum atomic E-state index is 5.88. The molecule has 1 fully saturated rings. The van der Waals surface area contributed by atoms with E-state index in [2.05, 4.69) is 47.4 Å². The highest BCUT2D eigenvalue weighted by Crippen LogP contribution is 2.20. The molecule has 21 heavy (non-hydrogen) atoms. The Hall–Kier alpha value is -1.54. The van der Waals surface area contributed by atoms with Gasteiger partial charge in [-0.15, -0.1) is 0 Å². The lowest BCUT2D eigenvalue weighted by molar-refractivity contribution is 0.216. The van der Waals surface area contributed by atoms with Gasteiger partial charge in [-0.05, 0) is 68.2 Å². The van der Waals surface area contributed by atoms with Crippen LogP contribution in [0.2, 0.25) is 0 Å². The second-order valence-corrected chi connectivity index (χ2v) is 5.97. The first-order chi connectivity index (χ1) is 10.4. The number of nitrogens with zero attached hydrogens (tertiary/aromatic N) is 1. The minimum atomic E-state index is 0.826. The Bertz CT molecular complexity index is 560. The zero-order chi connectivity index (χ0) is 14.3. The van der Waals surface area contributed by atoms with Gasteiger partial charge in [-0.2, -0.15) is 0 Å². The molecule has 0 unspecified atom stereocenters. The molecule has 1 aliphatic rings. The summed E-state index contributed by atoms with van der Waals surface area (Å²) in [6.45, 7) is 4.66. The largest absolute Gasteiger partial charge is 0.494 e. The Morgan fingerprint density at radius 3 is 2.52 bits per heavy atom. The first-order valence-electron chi connectivity index (χ1n) is 8.26. The SMILES string of the molecule is c1ccc2cc(OCCCCN3CCCCC3)ccc2c1. The highest BCUT2D eigenvalue weighted by Gasteiger charge is 2.08. The third-order valence-corrected chi connectivity index (χ3v) is 4.31. The quantitative estimate of drug-likeness (QED) is 0.724. The Kier molecular flexibility index (Phi) is 5.12. The van der Waals surface area contributed by atoms with E-state index in [-0.39, 0.29) is 0 Å². The molecule has 112 valence electrons. The highest BCUT2D eigenvalue weighted by molar-refractivity contribution is 5.83. The second kappa shape index (κ2) is 7.46. The first-order valence-corrected chi connectivity index (χ1v) is 8.26. The van der Waals surface area contributed by atoms with Crippen LogP contribution < -0.4 is 4.74 Å². The van der Waals surface area contributed by atoms with Crippen LogP contribution in [0.15, 0.2) is 42.5 Å². The molecule has 0 radical (unpaired) electrons. The number of likely N-dealkylation sites (tertiary alicyclic amines) is 1. The second-order valence-electron chi connectivity index (χ2n) is 5.97. The lowest BCUT2D eigenvalue weighted by Crippen LogP contribution is -2.30. The van der Waals surface area contributed by atoms with E-state index in [4.69, 9.17) is 4.74 Å². The molecule has 0 atom stereocenters. The number of piperidine rings is 1. The zero-order valence-electron chi connectivity index (χ0n) is 12.8. The van der Waals surface area contributed by atoms with Crippen LogP contribution in [-0.4, -0.2) is 31.1 Å². The molecule has 0 spiro atoms. The molecular formula is C19H25NO. The van der Waals surface area contributed by atoms with Crippen LogP contribution >= 0.6 is 0 Å². The number of hydrogen-bond donors (Lipinski definition) is 0. The van der Waals surface area contributed by atoms with Gasteiger partial charge in [0.25, 0.3) is 0 Å². The van der Waals surface area contributed by atoms with Crippen molar-refractivity contribution >= 4 is 10.8 Å². The van der Waals surface area contributed by atoms with Gasteiger partial charge in [0.15, 0.2) is 0 Å². The standard InChI is InChI=1S/C19H25NO/c1-4-12-20(13-5-1)14-6-7-15-21-19-11-10-17-8-2-3-9-18(17)16-19/h2-3,8-11,16H,1,4-7,12-15H2. The summed E-state index contributed by atoms with van der Waals surface area (Å²) in [4.78, 5) is 2.60. The van der Waals surface area contributed by atoms with E-state index in [0.717, 1.165) is 18.8 Å². The van der Waals surface area contributed by atoms with Gasteiger partial charge in [-0.1, -0.05) is 36.8 Å². The summed E-state index contributed by atoms with van der Waals surface area (Å²) in [6, 6.07) is 14.8. The van der Waals surface area contributed by atoms with Crippen LogP contribution in [0.4, 0.5) is 0 Å². The minimum Gasteiger partial charge on any atom is -0.494 e. The molecule has 0 aliphatic carbocycles. The summed E-state index contributed by atoms with van der Waals surface area (Å²) in [5, 5.41) is 2.53. The van der Waals surface area contributed by atoms with Gasteiger partial charge in [0.1, 0.15) is 5.75 Å². The first kappa shape index (κ1) is 14.4. The van der Waals surface area contributed by atoms with Crippen LogP contribution in [0, 0.1) is 0 Å². The predicted octanol–water partition coefficient (Wildman–Crippen LogP) is 4.48. The molecule has 0 N–H and O–H groups in total. The zero-order valence-corrected chi connectivity index (χ0v) is 12.8. The fraction of sp³-hybridized carbons (Fsp3) is 0.474. The van der Waals surface area contributed by atoms with E-state index in [1.165, 1.54) is 56.1 Å². The van der Waals surface area contributed by atoms with Crippen LogP contribution in [-0.2, 0) is 0 Å². The number of benzene rings is 2. The summed E-state index contributed by atoms with van der Waals surface area (Å²) in [6.07, 6.45) is 6.57. The van der Waals surface area contributed by atoms with E-state index in [9.17, 15) is 0 Å². The van der Waals surface area contributed by atoms with E-state index in [0.29, 0.717) is 0 Å². The van der Waals surface area contributed by atoms with E-state index >= 15 is 0 Å². The van der Waals surface area contributed by atoms with Crippen molar-refractivity contribution in [2.45, 2.75) is 32.1 Å². The van der Waals surface area contributed by atoms with Gasteiger partial charge in [0.2, 0.25) is 0 Å². The lowest BCUT2D eigenvalue weighted by atomic mass is 10.1. The fourth-order valence-electron chi connectivity index (χ4n) is 3.07. The summed E-state index contributed by atoms with van der Waals surface area (Å²) >= 11 is 0. The van der Waals surface area contributed by atoms with Gasteiger partial charge >= 0.3 is 0 Å². The van der Waals surface area contributed by atoms with E-state index in [1.807, 2.05) is 0 Å². The van der Waals surface area contributed by atoms with Crippen LogP contribution in [0.5, 0.6) is 5.75 Å². The van der Waals surface area contributed by atoms with Crippen molar-refractivity contribution in [3.63, 3.8) is 0 Å². The number of fused-ring (bicyclic) bond motifs is 1. The molecule has 2 nitrogen and oxygen atoms in total. The monoisotopic (exact) mass is 283 g/mol. The number of hydrogen-bond acceptors (Lipinski definition) is 2. The smallest absolute Gasteiger partial charge is 0.119 e. The van der Waals surface area contributed by atoms with Gasteiger partial charge in [-0.25, -0.2) is 0 Å². The average molecular weight is 283 g/mol. The van der Waals surface area contributed by atoms with Crippen LogP contribution in [0.3, 0.4) is 0 Å². The van der Waals surface area contributed by atoms with Crippen molar-refractivity contribution in [3.8, 4) is 5.75 Å².